The summed E-state index contributed by atoms with van der Waals surface area (Å²) in [5.74, 6) is 0.498. The number of pyridine rings is 1. The summed E-state index contributed by atoms with van der Waals surface area (Å²) in [7, 11) is -3.55. The number of nitrogens with zero attached hydrogens (tertiary/aromatic N) is 4. The van der Waals surface area contributed by atoms with Crippen LogP contribution in [0.15, 0.2) is 66.1 Å². The number of rotatable bonds is 5. The fourth-order valence-electron chi connectivity index (χ4n) is 3.47. The molecule has 1 aliphatic rings. The summed E-state index contributed by atoms with van der Waals surface area (Å²) < 4.78 is 28.8. The molecule has 0 spiro atoms. The number of sulfonamides is 1. The minimum Gasteiger partial charge on any atom is -0.321 e. The second-order valence-corrected chi connectivity index (χ2v) is 9.39. The first-order valence-electron chi connectivity index (χ1n) is 9.80. The van der Waals surface area contributed by atoms with Gasteiger partial charge in [-0.15, -0.1) is 0 Å². The van der Waals surface area contributed by atoms with Gasteiger partial charge in [0.1, 0.15) is 22.7 Å². The van der Waals surface area contributed by atoms with Crippen LogP contribution in [0.3, 0.4) is 0 Å². The molecule has 0 radical (unpaired) electrons. The van der Waals surface area contributed by atoms with E-state index in [0.717, 1.165) is 12.8 Å². The second kappa shape index (κ2) is 8.37. The van der Waals surface area contributed by atoms with Crippen LogP contribution in [0.4, 0.5) is 5.69 Å². The zero-order chi connectivity index (χ0) is 21.1. The molecule has 1 aliphatic heterocycles. The van der Waals surface area contributed by atoms with Gasteiger partial charge in [-0.1, -0.05) is 25.1 Å². The number of hydrogen-bond acceptors (Lipinski definition) is 5. The lowest BCUT2D eigenvalue weighted by molar-refractivity contribution is 0.102. The lowest BCUT2D eigenvalue weighted by Crippen LogP contribution is -2.39. The maximum atomic E-state index is 12.9. The van der Waals surface area contributed by atoms with Crippen molar-refractivity contribution in [3.05, 3.63) is 66.9 Å². The monoisotopic (exact) mass is 425 g/mol. The molecule has 1 N–H and O–H groups in total. The third-order valence-electron chi connectivity index (χ3n) is 5.09. The zero-order valence-corrected chi connectivity index (χ0v) is 17.4. The highest BCUT2D eigenvalue weighted by atomic mass is 32.2. The van der Waals surface area contributed by atoms with Crippen LogP contribution in [0, 0.1) is 5.92 Å². The van der Waals surface area contributed by atoms with Gasteiger partial charge in [0.05, 0.1) is 0 Å². The maximum absolute atomic E-state index is 12.9. The Bertz CT molecular complexity index is 1130. The number of anilines is 1. The molecule has 0 saturated carbocycles. The van der Waals surface area contributed by atoms with Gasteiger partial charge in [0, 0.05) is 31.2 Å². The molecule has 0 bridgehead atoms. The SMILES string of the molecule is C[C@@H]1CCCN(S(=O)(=O)c2ccc(-n3cnc(C(=O)Nc4ccccc4)c3)nc2)C1. The number of carbonyl (C=O) groups is 1. The molecule has 0 aliphatic carbocycles. The van der Waals surface area contributed by atoms with Crippen molar-refractivity contribution in [3.8, 4) is 5.82 Å². The van der Waals surface area contributed by atoms with Crippen LogP contribution in [-0.2, 0) is 10.0 Å². The molecule has 1 atom stereocenters. The van der Waals surface area contributed by atoms with Crippen LogP contribution >= 0.6 is 0 Å². The smallest absolute Gasteiger partial charge is 0.275 e. The topological polar surface area (TPSA) is 97.2 Å². The van der Waals surface area contributed by atoms with E-state index in [4.69, 9.17) is 0 Å². The highest BCUT2D eigenvalue weighted by molar-refractivity contribution is 7.89. The molecule has 1 fully saturated rings. The lowest BCUT2D eigenvalue weighted by atomic mass is 10.0. The third-order valence-corrected chi connectivity index (χ3v) is 6.94. The van der Waals surface area contributed by atoms with Crippen LogP contribution < -0.4 is 5.32 Å². The molecule has 30 heavy (non-hydrogen) atoms. The van der Waals surface area contributed by atoms with Crippen molar-refractivity contribution >= 4 is 21.6 Å². The van der Waals surface area contributed by atoms with Crippen molar-refractivity contribution in [1.29, 1.82) is 0 Å². The molecule has 3 aromatic rings. The molecule has 0 unspecified atom stereocenters. The van der Waals surface area contributed by atoms with Crippen LogP contribution in [0.5, 0.6) is 0 Å². The van der Waals surface area contributed by atoms with E-state index in [9.17, 15) is 13.2 Å². The Balaban J connectivity index is 1.49. The van der Waals surface area contributed by atoms with Crippen LogP contribution in [0.1, 0.15) is 30.3 Å². The van der Waals surface area contributed by atoms with Gasteiger partial charge in [-0.05, 0) is 43.0 Å². The van der Waals surface area contributed by atoms with Gasteiger partial charge in [0.15, 0.2) is 0 Å². The number of para-hydroxylation sites is 1. The molecule has 8 nitrogen and oxygen atoms in total. The highest BCUT2D eigenvalue weighted by Crippen LogP contribution is 2.23. The number of carbonyl (C=O) groups excluding carboxylic acids is 1. The molecule has 156 valence electrons. The Hall–Kier alpha value is -3.04. The number of imidazole rings is 1. The fourth-order valence-corrected chi connectivity index (χ4v) is 5.02. The molecule has 3 heterocycles. The van der Waals surface area contributed by atoms with Gasteiger partial charge in [0.25, 0.3) is 5.91 Å². The van der Waals surface area contributed by atoms with Crippen molar-refractivity contribution in [2.24, 2.45) is 5.92 Å². The summed E-state index contributed by atoms with van der Waals surface area (Å²) in [4.78, 5) is 20.9. The first kappa shape index (κ1) is 20.2. The number of aromatic nitrogens is 3. The number of piperidine rings is 1. The molecule has 2 aromatic heterocycles. The fraction of sp³-hybridized carbons (Fsp3) is 0.286. The van der Waals surface area contributed by atoms with E-state index in [1.54, 1.807) is 35.0 Å². The summed E-state index contributed by atoms with van der Waals surface area (Å²) in [6, 6.07) is 12.3. The van der Waals surface area contributed by atoms with E-state index in [1.807, 2.05) is 18.2 Å². The third kappa shape index (κ3) is 4.27. The van der Waals surface area contributed by atoms with E-state index in [1.165, 1.54) is 16.8 Å². The zero-order valence-electron chi connectivity index (χ0n) is 16.6. The first-order valence-corrected chi connectivity index (χ1v) is 11.2. The van der Waals surface area contributed by atoms with Crippen LogP contribution in [-0.4, -0.2) is 46.3 Å². The quantitative estimate of drug-likeness (QED) is 0.678. The van der Waals surface area contributed by atoms with Crippen LogP contribution in [0.2, 0.25) is 0 Å². The van der Waals surface area contributed by atoms with Crippen molar-refractivity contribution in [1.82, 2.24) is 18.8 Å². The van der Waals surface area contributed by atoms with E-state index in [-0.39, 0.29) is 16.5 Å². The molecule has 1 saturated heterocycles. The Morgan fingerprint density at radius 1 is 1.13 bits per heavy atom. The van der Waals surface area contributed by atoms with Crippen molar-refractivity contribution in [3.63, 3.8) is 0 Å². The van der Waals surface area contributed by atoms with Crippen molar-refractivity contribution in [2.75, 3.05) is 18.4 Å². The second-order valence-electron chi connectivity index (χ2n) is 7.45. The van der Waals surface area contributed by atoms with E-state index < -0.39 is 10.0 Å². The molecular weight excluding hydrogens is 402 g/mol. The summed E-state index contributed by atoms with van der Waals surface area (Å²) in [5.41, 5.74) is 0.913. The summed E-state index contributed by atoms with van der Waals surface area (Å²) in [6.45, 7) is 3.13. The van der Waals surface area contributed by atoms with Crippen molar-refractivity contribution < 1.29 is 13.2 Å². The summed E-state index contributed by atoms with van der Waals surface area (Å²) in [5, 5.41) is 2.77. The van der Waals surface area contributed by atoms with Crippen molar-refractivity contribution in [2.45, 2.75) is 24.7 Å². The average molecular weight is 426 g/mol. The molecule has 1 aromatic carbocycles. The predicted molar refractivity (Wildman–Crippen MR) is 113 cm³/mol. The molecule has 9 heteroatoms. The van der Waals surface area contributed by atoms with Gasteiger partial charge in [0.2, 0.25) is 10.0 Å². The molecule has 1 amide bonds. The lowest BCUT2D eigenvalue weighted by Gasteiger charge is -2.29. The normalized spacial score (nSPS) is 17.6. The van der Waals surface area contributed by atoms with Gasteiger partial charge in [-0.25, -0.2) is 18.4 Å². The standard InChI is InChI=1S/C21H23N5O3S/c1-16-6-5-11-26(13-16)30(28,29)18-9-10-20(22-12-18)25-14-19(23-15-25)21(27)24-17-7-3-2-4-8-17/h2-4,7-10,12,14-16H,5-6,11,13H2,1H3,(H,24,27)/t16-/m1/s1. The first-order chi connectivity index (χ1) is 14.4. The Kier molecular flexibility index (Phi) is 5.65. The number of hydrogen-bond donors (Lipinski definition) is 1. The Labute approximate surface area is 175 Å². The van der Waals surface area contributed by atoms with E-state index in [2.05, 4.69) is 22.2 Å². The van der Waals surface area contributed by atoms with Gasteiger partial charge in [-0.2, -0.15) is 4.31 Å². The Morgan fingerprint density at radius 3 is 2.63 bits per heavy atom. The minimum atomic E-state index is -3.55. The van der Waals surface area contributed by atoms with Gasteiger partial charge >= 0.3 is 0 Å². The number of nitrogens with one attached hydrogen (secondary N) is 1. The molecule has 4 rings (SSSR count). The molecular formula is C21H23N5O3S. The summed E-state index contributed by atoms with van der Waals surface area (Å²) in [6.07, 6.45) is 6.30. The summed E-state index contributed by atoms with van der Waals surface area (Å²) >= 11 is 0. The largest absolute Gasteiger partial charge is 0.321 e. The highest BCUT2D eigenvalue weighted by Gasteiger charge is 2.28. The average Bonchev–Trinajstić information content (AvgIpc) is 3.25. The number of benzene rings is 1. The van der Waals surface area contributed by atoms with Crippen LogP contribution in [0.25, 0.3) is 5.82 Å². The Morgan fingerprint density at radius 2 is 1.93 bits per heavy atom. The predicted octanol–water partition coefficient (Wildman–Crippen LogP) is 2.94. The number of amides is 1. The minimum absolute atomic E-state index is 0.169. The van der Waals surface area contributed by atoms with Gasteiger partial charge < -0.3 is 5.32 Å². The van der Waals surface area contributed by atoms with E-state index in [0.29, 0.717) is 30.5 Å². The maximum Gasteiger partial charge on any atom is 0.275 e. The van der Waals surface area contributed by atoms with E-state index >= 15 is 0 Å². The van der Waals surface area contributed by atoms with Gasteiger partial charge in [-0.3, -0.25) is 9.36 Å².